The average molecular weight is 889 g/mol. The van der Waals surface area contributed by atoms with E-state index in [-0.39, 0.29) is 17.7 Å². The third-order valence-corrected chi connectivity index (χ3v) is 16.9. The predicted molar refractivity (Wildman–Crippen MR) is 290 cm³/mol. The monoisotopic (exact) mass is 888 g/mol. The van der Waals surface area contributed by atoms with Crippen LogP contribution in [0.5, 0.6) is 0 Å². The van der Waals surface area contributed by atoms with Crippen LogP contribution in [0, 0.1) is 0 Å². The van der Waals surface area contributed by atoms with Crippen molar-refractivity contribution >= 4 is 93.4 Å². The molecule has 0 atom stereocenters. The minimum Gasteiger partial charge on any atom is -0.455 e. The number of nitrogens with zero attached hydrogens (tertiary/aromatic N) is 2. The second-order valence-corrected chi connectivity index (χ2v) is 21.9. The smallest absolute Gasteiger partial charge is 0.333 e. The molecule has 3 aliphatic rings. The zero-order valence-corrected chi connectivity index (χ0v) is 39.4. The van der Waals surface area contributed by atoms with Gasteiger partial charge in [-0.1, -0.05) is 162 Å². The number of rotatable bonds is 3. The van der Waals surface area contributed by atoms with Crippen molar-refractivity contribution in [3.63, 3.8) is 0 Å². The highest BCUT2D eigenvalue weighted by Gasteiger charge is 2.45. The molecular formula is C63H45BN2OS. The van der Waals surface area contributed by atoms with Gasteiger partial charge in [0.05, 0.1) is 11.0 Å². The molecule has 15 rings (SSSR count). The lowest BCUT2D eigenvalue weighted by atomic mass is 9.44. The van der Waals surface area contributed by atoms with Crippen molar-refractivity contribution in [1.82, 2.24) is 4.57 Å². The molecule has 1 aliphatic carbocycles. The fourth-order valence-corrected chi connectivity index (χ4v) is 13.6. The molecule has 0 fully saturated rings. The zero-order chi connectivity index (χ0) is 45.4. The lowest BCUT2D eigenvalue weighted by molar-refractivity contribution is 0.590. The lowest BCUT2D eigenvalue weighted by Gasteiger charge is -2.42. The first-order valence-electron chi connectivity index (χ1n) is 23.9. The Labute approximate surface area is 399 Å². The van der Waals surface area contributed by atoms with Gasteiger partial charge in [-0.15, -0.1) is 11.3 Å². The number of anilines is 2. The van der Waals surface area contributed by atoms with Gasteiger partial charge in [-0.3, -0.25) is 0 Å². The lowest BCUT2D eigenvalue weighted by Crippen LogP contribution is -2.60. The molecule has 0 bridgehead atoms. The molecule has 5 heterocycles. The van der Waals surface area contributed by atoms with Crippen molar-refractivity contribution < 1.29 is 4.42 Å². The third-order valence-electron chi connectivity index (χ3n) is 15.7. The first-order chi connectivity index (χ1) is 33.1. The van der Waals surface area contributed by atoms with Gasteiger partial charge in [0.15, 0.2) is 0 Å². The van der Waals surface area contributed by atoms with Crippen molar-refractivity contribution in [2.75, 3.05) is 4.81 Å². The van der Waals surface area contributed by atoms with Crippen molar-refractivity contribution in [3.05, 3.63) is 199 Å². The van der Waals surface area contributed by atoms with Crippen molar-refractivity contribution in [2.24, 2.45) is 0 Å². The molecule has 5 heteroatoms. The van der Waals surface area contributed by atoms with Crippen LogP contribution in [0.3, 0.4) is 0 Å². The summed E-state index contributed by atoms with van der Waals surface area (Å²) in [6.45, 7) is 11.5. The van der Waals surface area contributed by atoms with Crippen molar-refractivity contribution in [3.8, 4) is 50.4 Å². The Morgan fingerprint density at radius 2 is 1.26 bits per heavy atom. The van der Waals surface area contributed by atoms with E-state index < -0.39 is 0 Å². The van der Waals surface area contributed by atoms with E-state index in [0.717, 1.165) is 33.4 Å². The molecule has 2 aliphatic heterocycles. The molecule has 0 unspecified atom stereocenters. The zero-order valence-electron chi connectivity index (χ0n) is 38.6. The standard InChI is InChI=1S/C63H45BN2OS/c1-62(2,3)38-24-26-39(27-25-38)66-53-35-57-47(41-21-13-15-23-56(41)68-57)30-45(53)42-28-29-43-46-31-50-44(40-20-12-14-22-49(40)63(50,4)5)32-52(46)65-54-33-48-55(34-51(54)64(66)59(42)60(43)65)67-61(37-18-10-7-11-19-37)58(48)36-16-8-6-9-17-36/h6-35H,1-5H3. The Bertz CT molecular complexity index is 4150. The van der Waals surface area contributed by atoms with Crippen LogP contribution in [-0.4, -0.2) is 11.4 Å². The van der Waals surface area contributed by atoms with E-state index in [9.17, 15) is 0 Å². The van der Waals surface area contributed by atoms with Gasteiger partial charge < -0.3 is 13.8 Å². The molecule has 0 saturated heterocycles. The number of fused-ring (bicyclic) bond motifs is 15. The molecule has 68 heavy (non-hydrogen) atoms. The molecule has 0 spiro atoms. The summed E-state index contributed by atoms with van der Waals surface area (Å²) in [6.07, 6.45) is 0. The molecule has 0 amide bonds. The van der Waals surface area contributed by atoms with Crippen molar-refractivity contribution in [1.29, 1.82) is 0 Å². The minimum absolute atomic E-state index is 0.0197. The summed E-state index contributed by atoms with van der Waals surface area (Å²) in [5.41, 5.74) is 22.1. The second-order valence-electron chi connectivity index (χ2n) is 20.8. The van der Waals surface area contributed by atoms with E-state index in [1.54, 1.807) is 0 Å². The Morgan fingerprint density at radius 3 is 2.06 bits per heavy atom. The molecule has 0 N–H and O–H groups in total. The maximum Gasteiger partial charge on any atom is 0.333 e. The summed E-state index contributed by atoms with van der Waals surface area (Å²) in [6, 6.07) is 68.6. The molecule has 3 aromatic heterocycles. The number of hydrogen-bond donors (Lipinski definition) is 0. The van der Waals surface area contributed by atoms with Gasteiger partial charge in [0.25, 0.3) is 0 Å². The van der Waals surface area contributed by atoms with Crippen LogP contribution in [0.25, 0.3) is 103 Å². The molecule has 9 aromatic carbocycles. The quantitative estimate of drug-likeness (QED) is 0.165. The van der Waals surface area contributed by atoms with Gasteiger partial charge in [0, 0.05) is 75.5 Å². The largest absolute Gasteiger partial charge is 0.455 e. The van der Waals surface area contributed by atoms with E-state index in [1.165, 1.54) is 109 Å². The highest BCUT2D eigenvalue weighted by atomic mass is 32.1. The van der Waals surface area contributed by atoms with Crippen LogP contribution in [0.2, 0.25) is 0 Å². The molecule has 0 radical (unpaired) electrons. The normalized spacial score (nSPS) is 14.3. The van der Waals surface area contributed by atoms with Crippen LogP contribution < -0.4 is 15.7 Å². The van der Waals surface area contributed by atoms with E-state index in [4.69, 9.17) is 4.42 Å². The van der Waals surface area contributed by atoms with Crippen LogP contribution >= 0.6 is 11.3 Å². The highest BCUT2D eigenvalue weighted by Crippen LogP contribution is 2.54. The van der Waals surface area contributed by atoms with Crippen LogP contribution in [0.1, 0.15) is 51.3 Å². The Kier molecular flexibility index (Phi) is 7.53. The predicted octanol–water partition coefficient (Wildman–Crippen LogP) is 16.1. The molecule has 3 nitrogen and oxygen atoms in total. The maximum atomic E-state index is 7.23. The van der Waals surface area contributed by atoms with Gasteiger partial charge in [0.1, 0.15) is 11.3 Å². The maximum absolute atomic E-state index is 7.23. The fourth-order valence-electron chi connectivity index (χ4n) is 12.5. The summed E-state index contributed by atoms with van der Waals surface area (Å²) in [5, 5.41) is 6.32. The summed E-state index contributed by atoms with van der Waals surface area (Å²) >= 11 is 1.89. The Morgan fingerprint density at radius 1 is 0.529 bits per heavy atom. The highest BCUT2D eigenvalue weighted by molar-refractivity contribution is 7.25. The van der Waals surface area contributed by atoms with Gasteiger partial charge >= 0.3 is 6.85 Å². The summed E-state index contributed by atoms with van der Waals surface area (Å²) in [7, 11) is 0. The second kappa shape index (κ2) is 13.3. The summed E-state index contributed by atoms with van der Waals surface area (Å²) in [4.78, 5) is 2.66. The topological polar surface area (TPSA) is 21.3 Å². The van der Waals surface area contributed by atoms with Crippen LogP contribution in [0.15, 0.2) is 186 Å². The van der Waals surface area contributed by atoms with E-state index in [1.807, 2.05) is 11.3 Å². The third kappa shape index (κ3) is 5.04. The van der Waals surface area contributed by atoms with Crippen LogP contribution in [0.4, 0.5) is 11.4 Å². The number of aromatic nitrogens is 1. The average Bonchev–Trinajstić information content (AvgIpc) is 4.08. The Hall–Kier alpha value is -7.60. The van der Waals surface area contributed by atoms with Gasteiger partial charge in [-0.2, -0.15) is 0 Å². The molecular weight excluding hydrogens is 844 g/mol. The number of benzene rings is 9. The molecule has 322 valence electrons. The Balaban J connectivity index is 1.11. The fraction of sp³-hybridized carbons (Fsp3) is 0.111. The first kappa shape index (κ1) is 38.5. The van der Waals surface area contributed by atoms with Crippen LogP contribution in [-0.2, 0) is 10.8 Å². The van der Waals surface area contributed by atoms with E-state index in [0.29, 0.717) is 0 Å². The summed E-state index contributed by atoms with van der Waals surface area (Å²) in [5.74, 6) is 0.891. The molecule has 0 saturated carbocycles. The minimum atomic E-state index is -0.154. The first-order valence-corrected chi connectivity index (χ1v) is 24.8. The van der Waals surface area contributed by atoms with Gasteiger partial charge in [-0.05, 0) is 110 Å². The SMILES string of the molecule is CC(C)(C)c1ccc(N2B3c4cc5oc(-c6ccccc6)c(-c6ccccc6)c5cc4-n4c5cc6c(cc5c5ccc(c3c54)-c3cc4c(cc32)sc2ccccc24)C(C)(C)c2ccccc2-6)cc1. The van der Waals surface area contributed by atoms with Crippen molar-refractivity contribution in [2.45, 2.75) is 45.4 Å². The number of hydrogen-bond acceptors (Lipinski definition) is 3. The molecule has 12 aromatic rings. The van der Waals surface area contributed by atoms with E-state index in [2.05, 4.69) is 226 Å². The number of thiophene rings is 1. The van der Waals surface area contributed by atoms with Gasteiger partial charge in [0.2, 0.25) is 0 Å². The summed E-state index contributed by atoms with van der Waals surface area (Å²) < 4.78 is 12.5. The number of furan rings is 1. The van der Waals surface area contributed by atoms with Gasteiger partial charge in [-0.25, -0.2) is 0 Å². The van der Waals surface area contributed by atoms with E-state index >= 15 is 0 Å².